The molecule has 1 aliphatic heterocycles. The van der Waals surface area contributed by atoms with Crippen molar-refractivity contribution in [3.05, 3.63) is 89.5 Å². The molecule has 0 aromatic heterocycles. The molecule has 3 aromatic rings. The van der Waals surface area contributed by atoms with Gasteiger partial charge in [0.15, 0.2) is 11.5 Å². The number of ether oxygens (including phenoxy) is 3. The molecule has 29 heavy (non-hydrogen) atoms. The predicted molar refractivity (Wildman–Crippen MR) is 117 cm³/mol. The zero-order chi connectivity index (χ0) is 19.2. The molecule has 1 N–H and O–H groups in total. The first-order chi connectivity index (χ1) is 13.8. The molecule has 1 atom stereocenters. The van der Waals surface area contributed by atoms with Crippen LogP contribution in [0.2, 0.25) is 0 Å². The van der Waals surface area contributed by atoms with Gasteiger partial charge in [-0.25, -0.2) is 0 Å². The first-order valence-electron chi connectivity index (χ1n) is 9.62. The number of rotatable bonds is 8. The number of methoxy groups -OCH3 is 1. The second kappa shape index (κ2) is 10.2. The quantitative estimate of drug-likeness (QED) is 0.520. The van der Waals surface area contributed by atoms with E-state index in [0.29, 0.717) is 0 Å². The molecule has 0 amide bonds. The molecule has 152 valence electrons. The molecule has 4 rings (SSSR count). The Bertz CT molecular complexity index is 917. The number of para-hydroxylation sites is 1. The van der Waals surface area contributed by atoms with Crippen molar-refractivity contribution < 1.29 is 14.2 Å². The molecule has 3 aromatic carbocycles. The molecule has 0 radical (unpaired) electrons. The summed E-state index contributed by atoms with van der Waals surface area (Å²) in [5, 5.41) is 3.56. The van der Waals surface area contributed by atoms with Gasteiger partial charge >= 0.3 is 0 Å². The van der Waals surface area contributed by atoms with Crippen LogP contribution in [0.4, 0.5) is 0 Å². The maximum absolute atomic E-state index is 5.64. The van der Waals surface area contributed by atoms with Gasteiger partial charge in [0.05, 0.1) is 7.11 Å². The van der Waals surface area contributed by atoms with Gasteiger partial charge in [0, 0.05) is 18.0 Å². The maximum Gasteiger partial charge on any atom is 0.231 e. The Kier molecular flexibility index (Phi) is 7.39. The summed E-state index contributed by atoms with van der Waals surface area (Å²) in [7, 11) is 1.73. The lowest BCUT2D eigenvalue weighted by Gasteiger charge is -2.21. The second-order valence-corrected chi connectivity index (χ2v) is 6.86. The fourth-order valence-corrected chi connectivity index (χ4v) is 3.66. The normalized spacial score (nSPS) is 12.9. The van der Waals surface area contributed by atoms with Gasteiger partial charge in [-0.1, -0.05) is 54.6 Å². The van der Waals surface area contributed by atoms with Gasteiger partial charge in [0.25, 0.3) is 0 Å². The van der Waals surface area contributed by atoms with Gasteiger partial charge < -0.3 is 19.5 Å². The Labute approximate surface area is 178 Å². The molecule has 1 heterocycles. The third kappa shape index (κ3) is 5.03. The Morgan fingerprint density at radius 3 is 2.52 bits per heavy atom. The minimum Gasteiger partial charge on any atom is -0.496 e. The van der Waals surface area contributed by atoms with Crippen LogP contribution in [-0.2, 0) is 6.54 Å². The zero-order valence-corrected chi connectivity index (χ0v) is 17.3. The predicted octanol–water partition coefficient (Wildman–Crippen LogP) is 5.16. The van der Waals surface area contributed by atoms with Crippen LogP contribution in [-0.4, -0.2) is 20.4 Å². The first kappa shape index (κ1) is 21.0. The van der Waals surface area contributed by atoms with Gasteiger partial charge in [-0.2, -0.15) is 0 Å². The highest BCUT2D eigenvalue weighted by molar-refractivity contribution is 5.85. The van der Waals surface area contributed by atoms with Crippen LogP contribution < -0.4 is 19.5 Å². The van der Waals surface area contributed by atoms with E-state index >= 15 is 0 Å². The lowest BCUT2D eigenvalue weighted by atomic mass is 9.87. The topological polar surface area (TPSA) is 39.7 Å². The van der Waals surface area contributed by atoms with E-state index < -0.39 is 0 Å². The van der Waals surface area contributed by atoms with Gasteiger partial charge in [-0.3, -0.25) is 0 Å². The molecule has 0 fully saturated rings. The van der Waals surface area contributed by atoms with Crippen LogP contribution in [0, 0.1) is 0 Å². The Balaban J connectivity index is 0.00000240. The van der Waals surface area contributed by atoms with E-state index in [2.05, 4.69) is 53.8 Å². The van der Waals surface area contributed by atoms with E-state index in [4.69, 9.17) is 14.2 Å². The van der Waals surface area contributed by atoms with Crippen LogP contribution in [0.3, 0.4) is 0 Å². The molecule has 0 bridgehead atoms. The number of hydrogen-bond donors (Lipinski definition) is 1. The summed E-state index contributed by atoms with van der Waals surface area (Å²) in [6.45, 7) is 2.05. The highest BCUT2D eigenvalue weighted by Crippen LogP contribution is 2.39. The number of halogens is 1. The average molecular weight is 412 g/mol. The van der Waals surface area contributed by atoms with E-state index in [0.717, 1.165) is 36.8 Å². The summed E-state index contributed by atoms with van der Waals surface area (Å²) in [4.78, 5) is 0. The molecule has 0 aliphatic carbocycles. The molecule has 1 unspecified atom stereocenters. The minimum atomic E-state index is 0. The van der Waals surface area contributed by atoms with Crippen molar-refractivity contribution in [1.82, 2.24) is 5.32 Å². The molecule has 0 saturated carbocycles. The third-order valence-corrected chi connectivity index (χ3v) is 5.10. The van der Waals surface area contributed by atoms with Crippen molar-refractivity contribution in [3.63, 3.8) is 0 Å². The van der Waals surface area contributed by atoms with E-state index in [9.17, 15) is 0 Å². The summed E-state index contributed by atoms with van der Waals surface area (Å²) in [6.07, 6.45) is 0.951. The average Bonchev–Trinajstić information content (AvgIpc) is 3.22. The van der Waals surface area contributed by atoms with Gasteiger partial charge in [-0.05, 0) is 42.3 Å². The van der Waals surface area contributed by atoms with E-state index in [1.807, 2.05) is 24.3 Å². The fourth-order valence-electron chi connectivity index (χ4n) is 3.66. The number of nitrogens with one attached hydrogen (secondary N) is 1. The molecule has 0 spiro atoms. The molecule has 1 aliphatic rings. The fraction of sp³-hybridized carbons (Fsp3) is 0.250. The summed E-state index contributed by atoms with van der Waals surface area (Å²) in [5.74, 6) is 2.74. The van der Waals surface area contributed by atoms with Crippen LogP contribution >= 0.6 is 12.4 Å². The van der Waals surface area contributed by atoms with Crippen molar-refractivity contribution in [1.29, 1.82) is 0 Å². The summed E-state index contributed by atoms with van der Waals surface area (Å²) in [6, 6.07) is 24.9. The van der Waals surface area contributed by atoms with E-state index in [-0.39, 0.29) is 25.1 Å². The molecular weight excluding hydrogens is 386 g/mol. The second-order valence-electron chi connectivity index (χ2n) is 6.86. The van der Waals surface area contributed by atoms with Crippen molar-refractivity contribution in [3.8, 4) is 17.2 Å². The van der Waals surface area contributed by atoms with Crippen molar-refractivity contribution >= 4 is 12.4 Å². The van der Waals surface area contributed by atoms with Gasteiger partial charge in [-0.15, -0.1) is 12.4 Å². The standard InChI is InChI=1S/C24H25NO3.ClH/c1-26-22-10-6-5-9-21(22)20(13-14-25-16-18-7-3-2-4-8-18)19-11-12-23-24(15-19)28-17-27-23;/h2-12,15,20,25H,13-14,16-17H2,1H3;1H. The lowest BCUT2D eigenvalue weighted by Crippen LogP contribution is -2.18. The minimum absolute atomic E-state index is 0. The highest BCUT2D eigenvalue weighted by Gasteiger charge is 2.21. The smallest absolute Gasteiger partial charge is 0.231 e. The van der Waals surface area contributed by atoms with E-state index in [1.54, 1.807) is 7.11 Å². The summed E-state index contributed by atoms with van der Waals surface area (Å²) >= 11 is 0. The Morgan fingerprint density at radius 2 is 1.69 bits per heavy atom. The number of fused-ring (bicyclic) bond motifs is 1. The largest absolute Gasteiger partial charge is 0.496 e. The number of hydrogen-bond acceptors (Lipinski definition) is 4. The maximum atomic E-state index is 5.64. The van der Waals surface area contributed by atoms with E-state index in [1.165, 1.54) is 16.7 Å². The van der Waals surface area contributed by atoms with Crippen molar-refractivity contribution in [2.45, 2.75) is 18.9 Å². The van der Waals surface area contributed by atoms with Crippen molar-refractivity contribution in [2.24, 2.45) is 0 Å². The van der Waals surface area contributed by atoms with Crippen LogP contribution in [0.15, 0.2) is 72.8 Å². The first-order valence-corrected chi connectivity index (χ1v) is 9.62. The Morgan fingerprint density at radius 1 is 0.931 bits per heavy atom. The van der Waals surface area contributed by atoms with Crippen molar-refractivity contribution in [2.75, 3.05) is 20.4 Å². The van der Waals surface area contributed by atoms with Crippen LogP contribution in [0.25, 0.3) is 0 Å². The summed E-state index contributed by atoms with van der Waals surface area (Å²) < 4.78 is 16.7. The van der Waals surface area contributed by atoms with Gasteiger partial charge in [0.2, 0.25) is 6.79 Å². The lowest BCUT2D eigenvalue weighted by molar-refractivity contribution is 0.174. The zero-order valence-electron chi connectivity index (χ0n) is 16.5. The van der Waals surface area contributed by atoms with Crippen LogP contribution in [0.1, 0.15) is 29.0 Å². The molecule has 5 heteroatoms. The third-order valence-electron chi connectivity index (χ3n) is 5.10. The molecule has 0 saturated heterocycles. The monoisotopic (exact) mass is 411 g/mol. The Hall–Kier alpha value is -2.69. The molecular formula is C24H26ClNO3. The number of benzene rings is 3. The van der Waals surface area contributed by atoms with Crippen LogP contribution in [0.5, 0.6) is 17.2 Å². The highest BCUT2D eigenvalue weighted by atomic mass is 35.5. The van der Waals surface area contributed by atoms with Gasteiger partial charge in [0.1, 0.15) is 5.75 Å². The molecule has 4 nitrogen and oxygen atoms in total. The summed E-state index contributed by atoms with van der Waals surface area (Å²) in [5.41, 5.74) is 3.68. The SMILES string of the molecule is COc1ccccc1C(CCNCc1ccccc1)c1ccc2c(c1)OCO2.Cl.